The Hall–Kier alpha value is -1.65. The molecule has 21 heavy (non-hydrogen) atoms. The highest BCUT2D eigenvalue weighted by Gasteiger charge is 2.29. The minimum atomic E-state index is -0.227. The average molecular weight is 300 g/mol. The number of carbonyl (C=O) groups is 1. The second-order valence-corrected chi connectivity index (χ2v) is 6.53. The van der Waals surface area contributed by atoms with Crippen molar-refractivity contribution in [1.29, 1.82) is 0 Å². The van der Waals surface area contributed by atoms with E-state index < -0.39 is 0 Å². The molecule has 110 valence electrons. The molecule has 1 aliphatic heterocycles. The summed E-state index contributed by atoms with van der Waals surface area (Å²) >= 11 is 1.79. The van der Waals surface area contributed by atoms with E-state index in [1.165, 1.54) is 10.4 Å². The third kappa shape index (κ3) is 2.87. The van der Waals surface area contributed by atoms with Gasteiger partial charge in [0.25, 0.3) is 0 Å². The number of hydrogen-bond acceptors (Lipinski definition) is 3. The summed E-state index contributed by atoms with van der Waals surface area (Å²) in [5, 5.41) is 2.12. The molecule has 0 fully saturated rings. The van der Waals surface area contributed by atoms with Gasteiger partial charge >= 0.3 is 0 Å². The lowest BCUT2D eigenvalue weighted by Crippen LogP contribution is -2.39. The lowest BCUT2D eigenvalue weighted by atomic mass is 9.99. The first kappa shape index (κ1) is 14.3. The Labute approximate surface area is 129 Å². The number of rotatable bonds is 3. The van der Waals surface area contributed by atoms with Crippen molar-refractivity contribution in [2.24, 2.45) is 5.73 Å². The Morgan fingerprint density at radius 2 is 2.14 bits per heavy atom. The largest absolute Gasteiger partial charge is 0.335 e. The van der Waals surface area contributed by atoms with Crippen molar-refractivity contribution >= 4 is 17.2 Å². The number of amides is 1. The van der Waals surface area contributed by atoms with Gasteiger partial charge in [0.15, 0.2) is 0 Å². The molecule has 2 N–H and O–H groups in total. The molecule has 4 heteroatoms. The van der Waals surface area contributed by atoms with E-state index in [0.717, 1.165) is 18.5 Å². The van der Waals surface area contributed by atoms with Crippen molar-refractivity contribution in [1.82, 2.24) is 4.90 Å². The molecule has 1 aromatic heterocycles. The highest BCUT2D eigenvalue weighted by molar-refractivity contribution is 7.10. The summed E-state index contributed by atoms with van der Waals surface area (Å²) in [5.74, 6) is 0.149. The molecule has 0 spiro atoms. The maximum atomic E-state index is 12.6. The number of carbonyl (C=O) groups excluding carboxylic acids is 1. The van der Waals surface area contributed by atoms with Crippen LogP contribution in [-0.2, 0) is 11.2 Å². The minimum absolute atomic E-state index is 0.149. The van der Waals surface area contributed by atoms with Crippen LogP contribution in [0.1, 0.15) is 41.4 Å². The number of nitrogens with two attached hydrogens (primary N) is 1. The van der Waals surface area contributed by atoms with Crippen molar-refractivity contribution in [3.05, 3.63) is 57.8 Å². The van der Waals surface area contributed by atoms with Gasteiger partial charge in [-0.05, 0) is 35.9 Å². The number of hydrogen-bond donors (Lipinski definition) is 1. The second-order valence-electron chi connectivity index (χ2n) is 5.53. The highest BCUT2D eigenvalue weighted by atomic mass is 32.1. The second kappa shape index (κ2) is 6.00. The molecule has 3 nitrogen and oxygen atoms in total. The van der Waals surface area contributed by atoms with Gasteiger partial charge in [-0.15, -0.1) is 11.3 Å². The molecule has 2 aromatic rings. The van der Waals surface area contributed by atoms with Gasteiger partial charge in [0.1, 0.15) is 0 Å². The standard InChI is InChI=1S/C17H20N2OS/c1-12-14-8-10-21-16(14)7-9-19(12)17(20)11-15(18)13-5-3-2-4-6-13/h2-6,8,10,12,15H,7,9,11,18H2,1H3. The molecule has 2 unspecified atom stereocenters. The molecule has 0 radical (unpaired) electrons. The fourth-order valence-electron chi connectivity index (χ4n) is 2.97. The molecular formula is C17H20N2OS. The predicted octanol–water partition coefficient (Wildman–Crippen LogP) is 3.28. The Morgan fingerprint density at radius 1 is 1.38 bits per heavy atom. The minimum Gasteiger partial charge on any atom is -0.335 e. The molecule has 1 amide bonds. The van der Waals surface area contributed by atoms with Crippen molar-refractivity contribution in [3.8, 4) is 0 Å². The van der Waals surface area contributed by atoms with E-state index in [2.05, 4.69) is 18.4 Å². The average Bonchev–Trinajstić information content (AvgIpc) is 2.98. The maximum absolute atomic E-state index is 12.6. The Morgan fingerprint density at radius 3 is 2.90 bits per heavy atom. The first-order valence-corrected chi connectivity index (χ1v) is 8.21. The smallest absolute Gasteiger partial charge is 0.224 e. The summed E-state index contributed by atoms with van der Waals surface area (Å²) in [4.78, 5) is 16.0. The zero-order valence-corrected chi connectivity index (χ0v) is 13.0. The van der Waals surface area contributed by atoms with Gasteiger partial charge in [-0.2, -0.15) is 0 Å². The van der Waals surface area contributed by atoms with Crippen LogP contribution in [0.4, 0.5) is 0 Å². The van der Waals surface area contributed by atoms with Crippen LogP contribution in [0.5, 0.6) is 0 Å². The fourth-order valence-corrected chi connectivity index (χ4v) is 3.94. The van der Waals surface area contributed by atoms with Crippen LogP contribution < -0.4 is 5.73 Å². The molecule has 0 aliphatic carbocycles. The monoisotopic (exact) mass is 300 g/mol. The first-order chi connectivity index (χ1) is 10.2. The fraction of sp³-hybridized carbons (Fsp3) is 0.353. The number of nitrogens with zero attached hydrogens (tertiary/aromatic N) is 1. The maximum Gasteiger partial charge on any atom is 0.224 e. The molecule has 1 aliphatic rings. The summed E-state index contributed by atoms with van der Waals surface area (Å²) in [6.45, 7) is 2.91. The predicted molar refractivity (Wildman–Crippen MR) is 86.1 cm³/mol. The van der Waals surface area contributed by atoms with Crippen molar-refractivity contribution in [3.63, 3.8) is 0 Å². The van der Waals surface area contributed by atoms with Gasteiger partial charge in [0, 0.05) is 23.9 Å². The lowest BCUT2D eigenvalue weighted by Gasteiger charge is -2.34. The van der Waals surface area contributed by atoms with Crippen molar-refractivity contribution in [2.75, 3.05) is 6.54 Å². The highest BCUT2D eigenvalue weighted by Crippen LogP contribution is 2.33. The molecule has 1 aromatic carbocycles. The van der Waals surface area contributed by atoms with E-state index in [1.54, 1.807) is 11.3 Å². The van der Waals surface area contributed by atoms with Gasteiger partial charge in [0.2, 0.25) is 5.91 Å². The van der Waals surface area contributed by atoms with Crippen molar-refractivity contribution < 1.29 is 4.79 Å². The van der Waals surface area contributed by atoms with Crippen LogP contribution in [0, 0.1) is 0 Å². The van der Waals surface area contributed by atoms with E-state index in [1.807, 2.05) is 35.2 Å². The zero-order chi connectivity index (χ0) is 14.8. The van der Waals surface area contributed by atoms with Crippen LogP contribution in [-0.4, -0.2) is 17.4 Å². The van der Waals surface area contributed by atoms with Crippen LogP contribution in [0.15, 0.2) is 41.8 Å². The first-order valence-electron chi connectivity index (χ1n) is 7.33. The van der Waals surface area contributed by atoms with E-state index in [-0.39, 0.29) is 18.0 Å². The molecular weight excluding hydrogens is 280 g/mol. The summed E-state index contributed by atoms with van der Waals surface area (Å²) in [6.07, 6.45) is 1.33. The number of benzene rings is 1. The Bertz CT molecular complexity index is 623. The molecule has 0 saturated heterocycles. The quantitative estimate of drug-likeness (QED) is 0.945. The van der Waals surface area contributed by atoms with Gasteiger partial charge in [-0.1, -0.05) is 30.3 Å². The van der Waals surface area contributed by atoms with Gasteiger partial charge < -0.3 is 10.6 Å². The molecule has 3 rings (SSSR count). The van der Waals surface area contributed by atoms with Gasteiger partial charge in [-0.3, -0.25) is 4.79 Å². The summed E-state index contributed by atoms with van der Waals surface area (Å²) in [7, 11) is 0. The van der Waals surface area contributed by atoms with Crippen LogP contribution in [0.3, 0.4) is 0 Å². The van der Waals surface area contributed by atoms with E-state index in [4.69, 9.17) is 5.73 Å². The Balaban J connectivity index is 1.69. The van der Waals surface area contributed by atoms with Crippen LogP contribution >= 0.6 is 11.3 Å². The van der Waals surface area contributed by atoms with Crippen LogP contribution in [0.2, 0.25) is 0 Å². The van der Waals surface area contributed by atoms with E-state index >= 15 is 0 Å². The summed E-state index contributed by atoms with van der Waals surface area (Å²) in [6, 6.07) is 11.9. The van der Waals surface area contributed by atoms with E-state index in [0.29, 0.717) is 6.42 Å². The number of fused-ring (bicyclic) bond motifs is 1. The molecule has 2 atom stereocenters. The van der Waals surface area contributed by atoms with Gasteiger partial charge in [-0.25, -0.2) is 0 Å². The topological polar surface area (TPSA) is 46.3 Å². The zero-order valence-electron chi connectivity index (χ0n) is 12.2. The number of thiophene rings is 1. The SMILES string of the molecule is CC1c2ccsc2CCN1C(=O)CC(N)c1ccccc1. The molecule has 0 saturated carbocycles. The third-order valence-electron chi connectivity index (χ3n) is 4.22. The van der Waals surface area contributed by atoms with Crippen molar-refractivity contribution in [2.45, 2.75) is 31.8 Å². The van der Waals surface area contributed by atoms with Gasteiger partial charge in [0.05, 0.1) is 6.04 Å². The molecule has 2 heterocycles. The summed E-state index contributed by atoms with van der Waals surface area (Å²) < 4.78 is 0. The molecule has 0 bridgehead atoms. The Kier molecular flexibility index (Phi) is 4.08. The van der Waals surface area contributed by atoms with E-state index in [9.17, 15) is 4.79 Å². The third-order valence-corrected chi connectivity index (χ3v) is 5.22. The lowest BCUT2D eigenvalue weighted by molar-refractivity contribution is -0.134. The summed E-state index contributed by atoms with van der Waals surface area (Å²) in [5.41, 5.74) is 8.50. The van der Waals surface area contributed by atoms with Crippen LogP contribution in [0.25, 0.3) is 0 Å². The normalized spacial score (nSPS) is 19.1.